The van der Waals surface area contributed by atoms with Crippen molar-refractivity contribution in [1.29, 1.82) is 0 Å². The van der Waals surface area contributed by atoms with E-state index in [0.29, 0.717) is 29.2 Å². The topological polar surface area (TPSA) is 64.6 Å². The van der Waals surface area contributed by atoms with Gasteiger partial charge in [0.25, 0.3) is 5.91 Å². The molecule has 120 valence electrons. The van der Waals surface area contributed by atoms with Gasteiger partial charge in [-0.2, -0.15) is 0 Å². The van der Waals surface area contributed by atoms with Crippen LogP contribution in [0.3, 0.4) is 0 Å². The van der Waals surface area contributed by atoms with Crippen LogP contribution in [0.4, 0.5) is 5.69 Å². The second-order valence-corrected chi connectivity index (χ2v) is 5.01. The van der Waals surface area contributed by atoms with Crippen LogP contribution in [-0.2, 0) is 4.79 Å². The Morgan fingerprint density at radius 1 is 1.09 bits per heavy atom. The predicted octanol–water partition coefficient (Wildman–Crippen LogP) is 3.57. The maximum atomic E-state index is 12.3. The highest BCUT2D eigenvalue weighted by atomic mass is 16.5. The zero-order valence-electron chi connectivity index (χ0n) is 13.4. The predicted molar refractivity (Wildman–Crippen MR) is 88.1 cm³/mol. The zero-order valence-corrected chi connectivity index (χ0v) is 13.4. The van der Waals surface area contributed by atoms with Crippen molar-refractivity contribution in [2.75, 3.05) is 12.4 Å². The third-order valence-electron chi connectivity index (χ3n) is 3.24. The van der Waals surface area contributed by atoms with Crippen LogP contribution in [0.5, 0.6) is 11.5 Å². The van der Waals surface area contributed by atoms with Gasteiger partial charge in [0.05, 0.1) is 12.8 Å². The molecule has 0 saturated carbocycles. The molecule has 0 fully saturated rings. The first-order valence-corrected chi connectivity index (χ1v) is 7.30. The van der Waals surface area contributed by atoms with Crippen LogP contribution in [-0.4, -0.2) is 19.0 Å². The third-order valence-corrected chi connectivity index (χ3v) is 3.24. The fraction of sp³-hybridized carbons (Fsp3) is 0.222. The minimum Gasteiger partial charge on any atom is -0.495 e. The van der Waals surface area contributed by atoms with Crippen LogP contribution < -0.4 is 14.8 Å². The highest BCUT2D eigenvalue weighted by Crippen LogP contribution is 2.26. The Morgan fingerprint density at radius 2 is 1.78 bits per heavy atom. The van der Waals surface area contributed by atoms with Crippen molar-refractivity contribution >= 4 is 17.6 Å². The molecule has 2 aromatic carbocycles. The first kappa shape index (κ1) is 16.5. The van der Waals surface area contributed by atoms with Gasteiger partial charge in [0.2, 0.25) is 0 Å². The summed E-state index contributed by atoms with van der Waals surface area (Å²) in [6.45, 7) is 3.66. The van der Waals surface area contributed by atoms with Crippen molar-refractivity contribution in [3.8, 4) is 11.5 Å². The van der Waals surface area contributed by atoms with Crippen LogP contribution in [0.15, 0.2) is 42.5 Å². The Balaban J connectivity index is 2.12. The van der Waals surface area contributed by atoms with E-state index in [2.05, 4.69) is 5.32 Å². The quantitative estimate of drug-likeness (QED) is 0.677. The summed E-state index contributed by atoms with van der Waals surface area (Å²) in [6.07, 6.45) is 0.301. The molecular weight excluding hydrogens is 294 g/mol. The van der Waals surface area contributed by atoms with Crippen molar-refractivity contribution in [1.82, 2.24) is 0 Å². The summed E-state index contributed by atoms with van der Waals surface area (Å²) in [4.78, 5) is 23.5. The highest BCUT2D eigenvalue weighted by molar-refractivity contribution is 6.05. The normalized spacial score (nSPS) is 10.0. The van der Waals surface area contributed by atoms with Gasteiger partial charge < -0.3 is 14.8 Å². The molecular formula is C18H19NO4. The van der Waals surface area contributed by atoms with Crippen LogP contribution in [0.2, 0.25) is 0 Å². The Kier molecular flexibility index (Phi) is 5.36. The number of rotatable bonds is 5. The van der Waals surface area contributed by atoms with E-state index in [1.54, 1.807) is 44.4 Å². The van der Waals surface area contributed by atoms with Gasteiger partial charge in [-0.1, -0.05) is 13.0 Å². The molecule has 5 heteroatoms. The smallest absolute Gasteiger partial charge is 0.310 e. The second kappa shape index (κ2) is 7.45. The number of hydrogen-bond acceptors (Lipinski definition) is 4. The van der Waals surface area contributed by atoms with Crippen molar-refractivity contribution in [2.45, 2.75) is 20.3 Å². The van der Waals surface area contributed by atoms with Crippen molar-refractivity contribution in [3.05, 3.63) is 53.6 Å². The van der Waals surface area contributed by atoms with Crippen LogP contribution in [0.1, 0.15) is 29.3 Å². The maximum Gasteiger partial charge on any atom is 0.310 e. The molecule has 1 amide bonds. The number of methoxy groups -OCH3 is 1. The molecule has 0 aromatic heterocycles. The molecule has 0 aliphatic carbocycles. The summed E-state index contributed by atoms with van der Waals surface area (Å²) >= 11 is 0. The molecule has 0 atom stereocenters. The maximum absolute atomic E-state index is 12.3. The van der Waals surface area contributed by atoms with Crippen LogP contribution in [0.25, 0.3) is 0 Å². The van der Waals surface area contributed by atoms with E-state index in [-0.39, 0.29) is 11.9 Å². The summed E-state index contributed by atoms with van der Waals surface area (Å²) < 4.78 is 10.3. The van der Waals surface area contributed by atoms with E-state index in [1.165, 1.54) is 0 Å². The Hall–Kier alpha value is -2.82. The largest absolute Gasteiger partial charge is 0.495 e. The summed E-state index contributed by atoms with van der Waals surface area (Å²) in [6, 6.07) is 12.0. The van der Waals surface area contributed by atoms with Gasteiger partial charge in [-0.3, -0.25) is 9.59 Å². The van der Waals surface area contributed by atoms with E-state index in [1.807, 2.05) is 19.1 Å². The molecule has 2 aromatic rings. The third kappa shape index (κ3) is 4.32. The monoisotopic (exact) mass is 313 g/mol. The molecule has 0 bridgehead atoms. The molecule has 0 aliphatic heterocycles. The molecule has 23 heavy (non-hydrogen) atoms. The SMILES string of the molecule is CCC(=O)Oc1ccc(C(=O)Nc2cc(C)ccc2OC)cc1. The summed E-state index contributed by atoms with van der Waals surface area (Å²) in [5.74, 6) is 0.438. The number of esters is 1. The lowest BCUT2D eigenvalue weighted by Crippen LogP contribution is -2.13. The highest BCUT2D eigenvalue weighted by Gasteiger charge is 2.10. The van der Waals surface area contributed by atoms with E-state index < -0.39 is 0 Å². The van der Waals surface area contributed by atoms with Crippen LogP contribution >= 0.6 is 0 Å². The lowest BCUT2D eigenvalue weighted by Gasteiger charge is -2.11. The van der Waals surface area contributed by atoms with Crippen LogP contribution in [0, 0.1) is 6.92 Å². The number of ether oxygens (including phenoxy) is 2. The lowest BCUT2D eigenvalue weighted by atomic mass is 10.1. The van der Waals surface area contributed by atoms with Crippen molar-refractivity contribution in [3.63, 3.8) is 0 Å². The molecule has 2 rings (SSSR count). The number of anilines is 1. The summed E-state index contributed by atoms with van der Waals surface area (Å²) in [7, 11) is 1.55. The first-order valence-electron chi connectivity index (χ1n) is 7.30. The fourth-order valence-corrected chi connectivity index (χ4v) is 1.99. The Bertz CT molecular complexity index is 707. The summed E-state index contributed by atoms with van der Waals surface area (Å²) in [5, 5.41) is 2.82. The number of carbonyl (C=O) groups excluding carboxylic acids is 2. The molecule has 5 nitrogen and oxygen atoms in total. The van der Waals surface area contributed by atoms with Gasteiger partial charge in [0, 0.05) is 12.0 Å². The zero-order chi connectivity index (χ0) is 16.8. The standard InChI is InChI=1S/C18H19NO4/c1-4-17(20)23-14-8-6-13(7-9-14)18(21)19-15-11-12(2)5-10-16(15)22-3/h5-11H,4H2,1-3H3,(H,19,21). The summed E-state index contributed by atoms with van der Waals surface area (Å²) in [5.41, 5.74) is 2.09. The average molecular weight is 313 g/mol. The Labute approximate surface area is 135 Å². The van der Waals surface area contributed by atoms with E-state index in [4.69, 9.17) is 9.47 Å². The number of hydrogen-bond donors (Lipinski definition) is 1. The Morgan fingerprint density at radius 3 is 2.39 bits per heavy atom. The molecule has 0 radical (unpaired) electrons. The molecule has 0 aliphatic rings. The average Bonchev–Trinajstić information content (AvgIpc) is 2.55. The lowest BCUT2D eigenvalue weighted by molar-refractivity contribution is -0.134. The van der Waals surface area contributed by atoms with Gasteiger partial charge in [-0.05, 0) is 48.9 Å². The van der Waals surface area contributed by atoms with Gasteiger partial charge in [-0.25, -0.2) is 0 Å². The second-order valence-electron chi connectivity index (χ2n) is 5.01. The molecule has 0 heterocycles. The van der Waals surface area contributed by atoms with Gasteiger partial charge in [0.15, 0.2) is 0 Å². The molecule has 0 unspecified atom stereocenters. The number of nitrogens with one attached hydrogen (secondary N) is 1. The molecule has 0 spiro atoms. The number of amides is 1. The molecule has 0 saturated heterocycles. The van der Waals surface area contributed by atoms with E-state index >= 15 is 0 Å². The number of carbonyl (C=O) groups is 2. The van der Waals surface area contributed by atoms with E-state index in [9.17, 15) is 9.59 Å². The number of benzene rings is 2. The van der Waals surface area contributed by atoms with Crippen molar-refractivity contribution < 1.29 is 19.1 Å². The minimum atomic E-state index is -0.313. The number of aryl methyl sites for hydroxylation is 1. The molecule has 1 N–H and O–H groups in total. The minimum absolute atomic E-state index is 0.262. The first-order chi connectivity index (χ1) is 11.0. The van der Waals surface area contributed by atoms with Gasteiger partial charge in [-0.15, -0.1) is 0 Å². The van der Waals surface area contributed by atoms with Gasteiger partial charge in [0.1, 0.15) is 11.5 Å². The fourth-order valence-electron chi connectivity index (χ4n) is 1.99. The van der Waals surface area contributed by atoms with E-state index in [0.717, 1.165) is 5.56 Å². The van der Waals surface area contributed by atoms with Gasteiger partial charge >= 0.3 is 5.97 Å². The van der Waals surface area contributed by atoms with Crippen molar-refractivity contribution in [2.24, 2.45) is 0 Å².